The Bertz CT molecular complexity index is 995. The molecule has 3 rings (SSSR count). The number of ether oxygens (including phenoxy) is 1. The molecular weight excluding hydrogens is 379 g/mol. The normalized spacial score (nSPS) is 10.9. The predicted octanol–water partition coefficient (Wildman–Crippen LogP) is 4.03. The van der Waals surface area contributed by atoms with Crippen LogP contribution >= 0.6 is 0 Å². The fourth-order valence-electron chi connectivity index (χ4n) is 2.51. The van der Waals surface area contributed by atoms with E-state index in [0.717, 1.165) is 22.2 Å². The van der Waals surface area contributed by atoms with Gasteiger partial charge >= 0.3 is 18.1 Å². The van der Waals surface area contributed by atoms with Crippen molar-refractivity contribution in [2.75, 3.05) is 7.11 Å². The van der Waals surface area contributed by atoms with Crippen LogP contribution in [0.2, 0.25) is 0 Å². The summed E-state index contributed by atoms with van der Waals surface area (Å²) in [7, 11) is 1.62. The topological polar surface area (TPSA) is 88.8 Å². The number of halogens is 3. The Labute approximate surface area is 157 Å². The number of benzene rings is 2. The lowest BCUT2D eigenvalue weighted by molar-refractivity contribution is -0.192. The number of aromatic nitrogens is 1. The molecule has 0 atom stereocenters. The number of carbonyl (C=O) groups is 2. The molecule has 0 aliphatic rings. The number of aliphatic carboxylic acids is 1. The van der Waals surface area contributed by atoms with Gasteiger partial charge in [0, 0.05) is 17.4 Å². The molecule has 0 unspecified atom stereocenters. The monoisotopic (exact) mass is 395 g/mol. The van der Waals surface area contributed by atoms with Crippen LogP contribution in [0.25, 0.3) is 10.9 Å². The van der Waals surface area contributed by atoms with Crippen LogP contribution in [0.3, 0.4) is 0 Å². The molecule has 1 aromatic heterocycles. The Morgan fingerprint density at radius 3 is 2.25 bits per heavy atom. The zero-order valence-corrected chi connectivity index (χ0v) is 14.6. The number of alkyl halides is 3. The highest BCUT2D eigenvalue weighted by Crippen LogP contribution is 2.22. The van der Waals surface area contributed by atoms with Gasteiger partial charge in [-0.2, -0.15) is 13.2 Å². The Morgan fingerprint density at radius 1 is 1.04 bits per heavy atom. The average Bonchev–Trinajstić information content (AvgIpc) is 3.00. The highest BCUT2D eigenvalue weighted by Gasteiger charge is 2.38. The average molecular weight is 395 g/mol. The molecular formula is C19H16F3NO5. The first-order chi connectivity index (χ1) is 13.1. The summed E-state index contributed by atoms with van der Waals surface area (Å²) in [6, 6.07) is 17.0. The van der Waals surface area contributed by atoms with Gasteiger partial charge in [-0.25, -0.2) is 9.59 Å². The van der Waals surface area contributed by atoms with Crippen molar-refractivity contribution in [3.63, 3.8) is 0 Å². The first-order valence-corrected chi connectivity index (χ1v) is 7.88. The zero-order chi connectivity index (χ0) is 20.9. The van der Waals surface area contributed by atoms with E-state index < -0.39 is 18.1 Å². The Hall–Kier alpha value is -3.49. The smallest absolute Gasteiger partial charge is 0.490 e. The number of fused-ring (bicyclic) bond motifs is 1. The second-order valence-electron chi connectivity index (χ2n) is 5.63. The van der Waals surface area contributed by atoms with Crippen molar-refractivity contribution in [2.45, 2.75) is 12.7 Å². The number of rotatable bonds is 4. The third-order valence-corrected chi connectivity index (χ3v) is 3.75. The maximum atomic E-state index is 11.5. The van der Waals surface area contributed by atoms with Gasteiger partial charge in [0.1, 0.15) is 11.4 Å². The van der Waals surface area contributed by atoms with E-state index in [1.807, 2.05) is 53.1 Å². The van der Waals surface area contributed by atoms with Crippen LogP contribution in [0.15, 0.2) is 54.6 Å². The number of para-hydroxylation sites is 1. The minimum atomic E-state index is -5.08. The third kappa shape index (κ3) is 5.03. The molecule has 0 saturated heterocycles. The Morgan fingerprint density at radius 2 is 1.68 bits per heavy atom. The molecule has 0 amide bonds. The number of carboxylic acids is 2. The number of hydrogen-bond acceptors (Lipinski definition) is 3. The fourth-order valence-corrected chi connectivity index (χ4v) is 2.51. The van der Waals surface area contributed by atoms with Crippen molar-refractivity contribution in [1.82, 2.24) is 4.57 Å². The molecule has 2 N–H and O–H groups in total. The predicted molar refractivity (Wildman–Crippen MR) is 94.7 cm³/mol. The Kier molecular flexibility index (Phi) is 6.29. The summed E-state index contributed by atoms with van der Waals surface area (Å²) in [4.78, 5) is 20.4. The van der Waals surface area contributed by atoms with Crippen molar-refractivity contribution in [3.8, 4) is 5.75 Å². The lowest BCUT2D eigenvalue weighted by atomic mass is 10.2. The molecule has 2 aromatic carbocycles. The standard InChI is InChI=1S/C17H15NO3.C2HF3O2/c1-21-14-7-4-5-12(9-14)11-18-15-8-3-2-6-13(15)10-16(18)17(19)20;3-2(4,5)1(6)7/h2-10H,11H2,1H3,(H,19,20);(H,6,7). The number of carboxylic acid groups (broad SMARTS) is 2. The van der Waals surface area contributed by atoms with Gasteiger partial charge in [-0.3, -0.25) is 0 Å². The van der Waals surface area contributed by atoms with E-state index in [9.17, 15) is 23.1 Å². The van der Waals surface area contributed by atoms with Gasteiger partial charge in [-0.1, -0.05) is 30.3 Å². The number of nitrogens with zero attached hydrogens (tertiary/aromatic N) is 1. The molecule has 0 aliphatic heterocycles. The maximum absolute atomic E-state index is 11.5. The second-order valence-corrected chi connectivity index (χ2v) is 5.63. The maximum Gasteiger partial charge on any atom is 0.490 e. The summed E-state index contributed by atoms with van der Waals surface area (Å²) in [6.07, 6.45) is -5.08. The first-order valence-electron chi connectivity index (χ1n) is 7.88. The number of aromatic carboxylic acids is 1. The highest BCUT2D eigenvalue weighted by atomic mass is 19.4. The Balaban J connectivity index is 0.000000345. The van der Waals surface area contributed by atoms with E-state index in [4.69, 9.17) is 14.6 Å². The SMILES string of the molecule is COc1cccc(Cn2c(C(=O)O)cc3ccccc32)c1.O=C(O)C(F)(F)F. The summed E-state index contributed by atoms with van der Waals surface area (Å²) >= 11 is 0. The molecule has 0 spiro atoms. The summed E-state index contributed by atoms with van der Waals surface area (Å²) in [5.41, 5.74) is 2.20. The molecule has 6 nitrogen and oxygen atoms in total. The van der Waals surface area contributed by atoms with E-state index >= 15 is 0 Å². The van der Waals surface area contributed by atoms with Crippen molar-refractivity contribution in [1.29, 1.82) is 0 Å². The van der Waals surface area contributed by atoms with Crippen LogP contribution in [0, 0.1) is 0 Å². The van der Waals surface area contributed by atoms with Crippen molar-refractivity contribution >= 4 is 22.8 Å². The van der Waals surface area contributed by atoms with Crippen molar-refractivity contribution in [2.24, 2.45) is 0 Å². The van der Waals surface area contributed by atoms with Crippen LogP contribution in [-0.4, -0.2) is 40.0 Å². The van der Waals surface area contributed by atoms with Gasteiger partial charge in [0.2, 0.25) is 0 Å². The molecule has 0 aliphatic carbocycles. The minimum Gasteiger partial charge on any atom is -0.497 e. The van der Waals surface area contributed by atoms with E-state index in [0.29, 0.717) is 12.2 Å². The molecule has 1 heterocycles. The molecule has 28 heavy (non-hydrogen) atoms. The number of methoxy groups -OCH3 is 1. The highest BCUT2D eigenvalue weighted by molar-refractivity contribution is 5.94. The molecule has 0 bridgehead atoms. The second kappa shape index (κ2) is 8.47. The first kappa shape index (κ1) is 20.8. The lowest BCUT2D eigenvalue weighted by Crippen LogP contribution is -2.21. The van der Waals surface area contributed by atoms with E-state index in [2.05, 4.69) is 0 Å². The molecule has 9 heteroatoms. The van der Waals surface area contributed by atoms with Crippen molar-refractivity contribution < 1.29 is 37.7 Å². The van der Waals surface area contributed by atoms with Gasteiger partial charge in [0.25, 0.3) is 0 Å². The summed E-state index contributed by atoms with van der Waals surface area (Å²) in [5, 5.41) is 17.5. The summed E-state index contributed by atoms with van der Waals surface area (Å²) < 4.78 is 38.8. The van der Waals surface area contributed by atoms with E-state index in [1.54, 1.807) is 13.2 Å². The largest absolute Gasteiger partial charge is 0.497 e. The third-order valence-electron chi connectivity index (χ3n) is 3.75. The van der Waals surface area contributed by atoms with Gasteiger partial charge < -0.3 is 19.5 Å². The quantitative estimate of drug-likeness (QED) is 0.696. The van der Waals surface area contributed by atoms with Crippen LogP contribution in [0.5, 0.6) is 5.75 Å². The number of hydrogen-bond donors (Lipinski definition) is 2. The van der Waals surface area contributed by atoms with Crippen LogP contribution in [0.4, 0.5) is 13.2 Å². The molecule has 0 saturated carbocycles. The minimum absolute atomic E-state index is 0.291. The van der Waals surface area contributed by atoms with Gasteiger partial charge in [0.15, 0.2) is 0 Å². The molecule has 0 radical (unpaired) electrons. The van der Waals surface area contributed by atoms with E-state index in [1.165, 1.54) is 0 Å². The molecule has 3 aromatic rings. The van der Waals surface area contributed by atoms with Crippen LogP contribution in [0.1, 0.15) is 16.1 Å². The van der Waals surface area contributed by atoms with Crippen molar-refractivity contribution in [3.05, 3.63) is 65.9 Å². The lowest BCUT2D eigenvalue weighted by Gasteiger charge is -2.09. The van der Waals surface area contributed by atoms with Gasteiger partial charge in [0.05, 0.1) is 7.11 Å². The van der Waals surface area contributed by atoms with Gasteiger partial charge in [-0.05, 0) is 29.8 Å². The van der Waals surface area contributed by atoms with Gasteiger partial charge in [-0.15, -0.1) is 0 Å². The van der Waals surface area contributed by atoms with E-state index in [-0.39, 0.29) is 0 Å². The van der Waals surface area contributed by atoms with Crippen LogP contribution < -0.4 is 4.74 Å². The molecule has 148 valence electrons. The van der Waals surface area contributed by atoms with Crippen LogP contribution in [-0.2, 0) is 11.3 Å². The molecule has 0 fully saturated rings. The summed E-state index contributed by atoms with van der Waals surface area (Å²) in [5.74, 6) is -2.91. The zero-order valence-electron chi connectivity index (χ0n) is 14.6. The summed E-state index contributed by atoms with van der Waals surface area (Å²) in [6.45, 7) is 0.492. The fraction of sp³-hybridized carbons (Fsp3) is 0.158.